The van der Waals surface area contributed by atoms with Crippen molar-refractivity contribution in [3.05, 3.63) is 47.4 Å². The number of hydrogen-bond acceptors (Lipinski definition) is 4. The van der Waals surface area contributed by atoms with Crippen LogP contribution < -0.4 is 5.32 Å². The first-order chi connectivity index (χ1) is 9.89. The highest BCUT2D eigenvalue weighted by atomic mass is 19.1. The van der Waals surface area contributed by atoms with Crippen LogP contribution in [0.5, 0.6) is 0 Å². The molecule has 0 unspecified atom stereocenters. The summed E-state index contributed by atoms with van der Waals surface area (Å²) in [6.45, 7) is 8.99. The minimum absolute atomic E-state index is 0.247. The van der Waals surface area contributed by atoms with Crippen LogP contribution in [-0.2, 0) is 11.8 Å². The van der Waals surface area contributed by atoms with Crippen molar-refractivity contribution in [2.24, 2.45) is 0 Å². The van der Waals surface area contributed by atoms with Crippen molar-refractivity contribution in [2.75, 3.05) is 6.54 Å². The average molecular weight is 291 g/mol. The molecular formula is C16H22FN3O. The molecule has 0 amide bonds. The Bertz CT molecular complexity index is 575. The normalized spacial score (nSPS) is 12.1. The molecule has 0 bridgehead atoms. The summed E-state index contributed by atoms with van der Waals surface area (Å²) in [5.74, 6) is 0.991. The zero-order valence-electron chi connectivity index (χ0n) is 13.0. The molecule has 0 spiro atoms. The van der Waals surface area contributed by atoms with Crippen LogP contribution >= 0.6 is 0 Å². The van der Waals surface area contributed by atoms with E-state index in [1.165, 1.54) is 12.1 Å². The Morgan fingerprint density at radius 3 is 2.52 bits per heavy atom. The molecule has 0 aliphatic rings. The van der Waals surface area contributed by atoms with Gasteiger partial charge in [0, 0.05) is 19.0 Å². The molecule has 1 aromatic carbocycles. The number of rotatable bonds is 6. The van der Waals surface area contributed by atoms with Gasteiger partial charge >= 0.3 is 0 Å². The van der Waals surface area contributed by atoms with Gasteiger partial charge in [0.25, 0.3) is 0 Å². The molecule has 0 saturated carbocycles. The van der Waals surface area contributed by atoms with Gasteiger partial charge < -0.3 is 9.84 Å². The molecule has 0 atom stereocenters. The molecule has 2 rings (SSSR count). The number of benzene rings is 1. The molecule has 0 aliphatic carbocycles. The Kier molecular flexibility index (Phi) is 4.73. The Labute approximate surface area is 124 Å². The zero-order valence-corrected chi connectivity index (χ0v) is 13.0. The molecule has 4 nitrogen and oxygen atoms in total. The van der Waals surface area contributed by atoms with E-state index in [2.05, 4.69) is 29.3 Å². The predicted octanol–water partition coefficient (Wildman–Crippen LogP) is 3.08. The number of halogens is 1. The van der Waals surface area contributed by atoms with E-state index >= 15 is 0 Å². The zero-order chi connectivity index (χ0) is 15.5. The van der Waals surface area contributed by atoms with Crippen LogP contribution in [0.4, 0.5) is 4.39 Å². The van der Waals surface area contributed by atoms with E-state index in [1.54, 1.807) is 12.1 Å². The summed E-state index contributed by atoms with van der Waals surface area (Å²) in [5.41, 5.74) is 0.539. The van der Waals surface area contributed by atoms with Gasteiger partial charge in [-0.2, -0.15) is 4.98 Å². The second kappa shape index (κ2) is 6.35. The van der Waals surface area contributed by atoms with E-state index in [1.807, 2.05) is 13.8 Å². The van der Waals surface area contributed by atoms with Gasteiger partial charge in [0.1, 0.15) is 5.82 Å². The number of hydrogen-bond donors (Lipinski definition) is 1. The second-order valence-corrected chi connectivity index (χ2v) is 6.00. The summed E-state index contributed by atoms with van der Waals surface area (Å²) in [7, 11) is 0. The van der Waals surface area contributed by atoms with Crippen molar-refractivity contribution in [3.63, 3.8) is 0 Å². The predicted molar refractivity (Wildman–Crippen MR) is 79.7 cm³/mol. The van der Waals surface area contributed by atoms with Crippen molar-refractivity contribution in [1.29, 1.82) is 0 Å². The van der Waals surface area contributed by atoms with Crippen LogP contribution in [0, 0.1) is 5.82 Å². The van der Waals surface area contributed by atoms with Crippen molar-refractivity contribution < 1.29 is 8.91 Å². The number of nitrogens with one attached hydrogen (secondary N) is 1. The molecule has 1 N–H and O–H groups in total. The first kappa shape index (κ1) is 15.6. The fourth-order valence-electron chi connectivity index (χ4n) is 2.07. The molecule has 21 heavy (non-hydrogen) atoms. The van der Waals surface area contributed by atoms with Gasteiger partial charge in [-0.15, -0.1) is 0 Å². The lowest BCUT2D eigenvalue weighted by molar-refractivity contribution is 0.362. The molecule has 0 saturated heterocycles. The Balaban J connectivity index is 2.10. The Hall–Kier alpha value is -1.75. The van der Waals surface area contributed by atoms with Gasteiger partial charge in [-0.25, -0.2) is 4.39 Å². The maximum atomic E-state index is 13.0. The van der Waals surface area contributed by atoms with E-state index in [9.17, 15) is 4.39 Å². The molecule has 5 heteroatoms. The largest absolute Gasteiger partial charge is 0.339 e. The summed E-state index contributed by atoms with van der Waals surface area (Å²) < 4.78 is 18.3. The fraction of sp³-hybridized carbons (Fsp3) is 0.500. The first-order valence-corrected chi connectivity index (χ1v) is 7.22. The van der Waals surface area contributed by atoms with E-state index < -0.39 is 5.41 Å². The highest BCUT2D eigenvalue weighted by Gasteiger charge is 2.28. The molecule has 0 radical (unpaired) electrons. The molecule has 2 aromatic rings. The summed E-state index contributed by atoms with van der Waals surface area (Å²) in [6, 6.07) is 6.84. The van der Waals surface area contributed by atoms with Gasteiger partial charge in [-0.1, -0.05) is 31.1 Å². The maximum Gasteiger partial charge on any atom is 0.227 e. The standard InChI is InChI=1S/C16H22FN3O/c1-11(2)18-10-9-14-19-15(20-21-14)16(3,4)12-5-7-13(17)8-6-12/h5-8,11,18H,9-10H2,1-4H3. The quantitative estimate of drug-likeness (QED) is 0.888. The van der Waals surface area contributed by atoms with E-state index in [-0.39, 0.29) is 5.82 Å². The lowest BCUT2D eigenvalue weighted by atomic mass is 9.84. The van der Waals surface area contributed by atoms with Gasteiger partial charge in [-0.3, -0.25) is 0 Å². The third-order valence-corrected chi connectivity index (χ3v) is 3.48. The van der Waals surface area contributed by atoms with Crippen molar-refractivity contribution in [1.82, 2.24) is 15.5 Å². The monoisotopic (exact) mass is 291 g/mol. The molecule has 0 fully saturated rings. The molecular weight excluding hydrogens is 269 g/mol. The Morgan fingerprint density at radius 2 is 1.90 bits per heavy atom. The van der Waals surface area contributed by atoms with Crippen LogP contribution in [0.3, 0.4) is 0 Å². The van der Waals surface area contributed by atoms with Gasteiger partial charge in [0.2, 0.25) is 5.89 Å². The third kappa shape index (κ3) is 3.88. The van der Waals surface area contributed by atoms with Crippen molar-refractivity contribution in [3.8, 4) is 0 Å². The average Bonchev–Trinajstić information content (AvgIpc) is 2.88. The smallest absolute Gasteiger partial charge is 0.227 e. The highest BCUT2D eigenvalue weighted by Crippen LogP contribution is 2.29. The molecule has 1 heterocycles. The van der Waals surface area contributed by atoms with Crippen molar-refractivity contribution in [2.45, 2.75) is 45.6 Å². The highest BCUT2D eigenvalue weighted by molar-refractivity contribution is 5.30. The third-order valence-electron chi connectivity index (χ3n) is 3.48. The lowest BCUT2D eigenvalue weighted by Gasteiger charge is -2.20. The van der Waals surface area contributed by atoms with E-state index in [0.29, 0.717) is 24.2 Å². The van der Waals surface area contributed by atoms with Crippen LogP contribution in [0.25, 0.3) is 0 Å². The second-order valence-electron chi connectivity index (χ2n) is 6.00. The van der Waals surface area contributed by atoms with Crippen molar-refractivity contribution >= 4 is 0 Å². The molecule has 114 valence electrons. The van der Waals surface area contributed by atoms with Crippen LogP contribution in [0.1, 0.15) is 45.0 Å². The number of nitrogens with zero attached hydrogens (tertiary/aromatic N) is 2. The topological polar surface area (TPSA) is 51.0 Å². The SMILES string of the molecule is CC(C)NCCc1nc(C(C)(C)c2ccc(F)cc2)no1. The molecule has 1 aromatic heterocycles. The summed E-state index contributed by atoms with van der Waals surface area (Å²) in [5, 5.41) is 7.39. The van der Waals surface area contributed by atoms with Gasteiger partial charge in [-0.05, 0) is 31.5 Å². The Morgan fingerprint density at radius 1 is 1.24 bits per heavy atom. The van der Waals surface area contributed by atoms with Gasteiger partial charge in [0.15, 0.2) is 5.82 Å². The van der Waals surface area contributed by atoms with Crippen LogP contribution in [-0.4, -0.2) is 22.7 Å². The van der Waals surface area contributed by atoms with Gasteiger partial charge in [0.05, 0.1) is 5.41 Å². The van der Waals surface area contributed by atoms with E-state index in [0.717, 1.165) is 12.1 Å². The lowest BCUT2D eigenvalue weighted by Crippen LogP contribution is -2.25. The first-order valence-electron chi connectivity index (χ1n) is 7.22. The fourth-order valence-corrected chi connectivity index (χ4v) is 2.07. The van der Waals surface area contributed by atoms with Crippen LogP contribution in [0.2, 0.25) is 0 Å². The summed E-state index contributed by atoms with van der Waals surface area (Å²) >= 11 is 0. The van der Waals surface area contributed by atoms with Crippen LogP contribution in [0.15, 0.2) is 28.8 Å². The minimum atomic E-state index is -0.416. The summed E-state index contributed by atoms with van der Waals surface area (Å²) in [4.78, 5) is 4.47. The minimum Gasteiger partial charge on any atom is -0.339 e. The number of aromatic nitrogens is 2. The van der Waals surface area contributed by atoms with E-state index in [4.69, 9.17) is 4.52 Å². The maximum absolute atomic E-state index is 13.0. The molecule has 0 aliphatic heterocycles. The summed E-state index contributed by atoms with van der Waals surface area (Å²) in [6.07, 6.45) is 0.699.